The first-order valence-corrected chi connectivity index (χ1v) is 9.58. The molecule has 0 saturated heterocycles. The van der Waals surface area contributed by atoms with Crippen LogP contribution in [0.4, 0.5) is 5.69 Å². The van der Waals surface area contributed by atoms with Gasteiger partial charge in [-0.25, -0.2) is 8.42 Å². The Labute approximate surface area is 152 Å². The van der Waals surface area contributed by atoms with Crippen LogP contribution in [-0.4, -0.2) is 57.7 Å². The highest BCUT2D eigenvalue weighted by atomic mass is 32.2. The topological polar surface area (TPSA) is 89.9 Å². The number of methoxy groups -OCH3 is 2. The van der Waals surface area contributed by atoms with Crippen molar-refractivity contribution >= 4 is 21.6 Å². The molecule has 8 nitrogen and oxygen atoms in total. The van der Waals surface area contributed by atoms with Gasteiger partial charge in [-0.15, -0.1) is 0 Å². The molecule has 1 aliphatic rings. The number of sulfonamides is 1. The normalized spacial score (nSPS) is 14.2. The highest BCUT2D eigenvalue weighted by Crippen LogP contribution is 2.24. The van der Waals surface area contributed by atoms with Gasteiger partial charge in [-0.3, -0.25) is 9.52 Å². The fourth-order valence-corrected chi connectivity index (χ4v) is 3.89. The minimum absolute atomic E-state index is 0.0530. The third-order valence-electron chi connectivity index (χ3n) is 4.19. The molecule has 0 fully saturated rings. The maximum atomic E-state index is 12.7. The number of amides is 1. The molecule has 1 aromatic carbocycles. The van der Waals surface area contributed by atoms with Gasteiger partial charge in [0.1, 0.15) is 16.3 Å². The number of hydrogen-bond donors (Lipinski definition) is 1. The van der Waals surface area contributed by atoms with E-state index >= 15 is 0 Å². The lowest BCUT2D eigenvalue weighted by Gasteiger charge is -2.27. The molecular weight excluding hydrogens is 358 g/mol. The zero-order chi connectivity index (χ0) is 18.7. The zero-order valence-electron chi connectivity index (χ0n) is 14.6. The summed E-state index contributed by atoms with van der Waals surface area (Å²) in [6.45, 7) is 1.98. The Morgan fingerprint density at radius 2 is 2.00 bits per heavy atom. The summed E-state index contributed by atoms with van der Waals surface area (Å²) in [5, 5.41) is 0. The first kappa shape index (κ1) is 18.3. The second-order valence-electron chi connectivity index (χ2n) is 5.88. The van der Waals surface area contributed by atoms with E-state index in [-0.39, 0.29) is 10.8 Å². The number of anilines is 1. The third-order valence-corrected chi connectivity index (χ3v) is 5.53. The van der Waals surface area contributed by atoms with Crippen LogP contribution in [0.1, 0.15) is 10.5 Å². The van der Waals surface area contributed by atoms with Crippen molar-refractivity contribution in [1.82, 2.24) is 9.47 Å². The molecule has 0 radical (unpaired) electrons. The van der Waals surface area contributed by atoms with Crippen molar-refractivity contribution in [2.24, 2.45) is 0 Å². The summed E-state index contributed by atoms with van der Waals surface area (Å²) in [6, 6.07) is 8.05. The van der Waals surface area contributed by atoms with Crippen molar-refractivity contribution in [3.8, 4) is 5.75 Å². The van der Waals surface area contributed by atoms with Gasteiger partial charge in [0.15, 0.2) is 0 Å². The predicted octanol–water partition coefficient (Wildman–Crippen LogP) is 1.40. The molecule has 2 heterocycles. The molecule has 0 saturated carbocycles. The maximum Gasteiger partial charge on any atom is 0.270 e. The molecular formula is C17H21N3O5S. The lowest BCUT2D eigenvalue weighted by molar-refractivity contribution is 0.0641. The molecule has 0 bridgehead atoms. The molecule has 0 spiro atoms. The van der Waals surface area contributed by atoms with E-state index < -0.39 is 10.0 Å². The van der Waals surface area contributed by atoms with Gasteiger partial charge in [0.05, 0.1) is 19.4 Å². The van der Waals surface area contributed by atoms with Gasteiger partial charge in [-0.2, -0.15) is 0 Å². The van der Waals surface area contributed by atoms with E-state index in [1.54, 1.807) is 40.8 Å². The monoisotopic (exact) mass is 379 g/mol. The van der Waals surface area contributed by atoms with Crippen molar-refractivity contribution in [1.29, 1.82) is 0 Å². The van der Waals surface area contributed by atoms with E-state index in [9.17, 15) is 13.2 Å². The molecule has 3 rings (SSSR count). The quantitative estimate of drug-likeness (QED) is 0.785. The van der Waals surface area contributed by atoms with Gasteiger partial charge in [-0.1, -0.05) is 6.07 Å². The Hall–Kier alpha value is -2.52. The van der Waals surface area contributed by atoms with Gasteiger partial charge < -0.3 is 18.9 Å². The number of fused-ring (bicyclic) bond motifs is 1. The van der Waals surface area contributed by atoms with Crippen molar-refractivity contribution in [2.75, 3.05) is 38.6 Å². The lowest BCUT2D eigenvalue weighted by atomic mass is 10.3. The number of carbonyl (C=O) groups excluding carboxylic acids is 1. The fraction of sp³-hybridized carbons (Fsp3) is 0.353. The molecule has 0 atom stereocenters. The van der Waals surface area contributed by atoms with E-state index in [4.69, 9.17) is 9.47 Å². The Bertz CT molecular complexity index is 907. The number of benzene rings is 1. The molecule has 9 heteroatoms. The number of rotatable bonds is 7. The van der Waals surface area contributed by atoms with E-state index in [0.717, 1.165) is 0 Å². The highest BCUT2D eigenvalue weighted by molar-refractivity contribution is 7.92. The van der Waals surface area contributed by atoms with Crippen LogP contribution in [0.25, 0.3) is 0 Å². The second kappa shape index (κ2) is 7.38. The lowest BCUT2D eigenvalue weighted by Crippen LogP contribution is -2.41. The number of ether oxygens (including phenoxy) is 2. The number of carbonyl (C=O) groups is 1. The average Bonchev–Trinajstić information content (AvgIpc) is 3.07. The van der Waals surface area contributed by atoms with Crippen LogP contribution >= 0.6 is 0 Å². The van der Waals surface area contributed by atoms with Crippen LogP contribution in [-0.2, 0) is 21.3 Å². The summed E-state index contributed by atoms with van der Waals surface area (Å²) in [5.41, 5.74) is 0.750. The predicted molar refractivity (Wildman–Crippen MR) is 96.0 cm³/mol. The van der Waals surface area contributed by atoms with Crippen LogP contribution in [0.5, 0.6) is 5.75 Å². The fourth-order valence-electron chi connectivity index (χ4n) is 2.80. The third kappa shape index (κ3) is 3.68. The number of hydrogen-bond acceptors (Lipinski definition) is 5. The number of aromatic nitrogens is 1. The van der Waals surface area contributed by atoms with Crippen molar-refractivity contribution in [2.45, 2.75) is 11.4 Å². The standard InChI is InChI=1S/C17H21N3O5S/c1-24-9-8-19-6-7-20-12-15(11-16(20)17(19)21)26(22,23)18-13-4-3-5-14(10-13)25-2/h3-5,10-12,18H,6-9H2,1-2H3. The number of nitrogens with one attached hydrogen (secondary N) is 1. The number of nitrogens with zero attached hydrogens (tertiary/aromatic N) is 2. The smallest absolute Gasteiger partial charge is 0.270 e. The molecule has 0 unspecified atom stereocenters. The van der Waals surface area contributed by atoms with Crippen molar-refractivity contribution in [3.63, 3.8) is 0 Å². The summed E-state index contributed by atoms with van der Waals surface area (Å²) in [6.07, 6.45) is 1.49. The van der Waals surface area contributed by atoms with E-state index in [1.807, 2.05) is 0 Å². The maximum absolute atomic E-state index is 12.7. The Balaban J connectivity index is 1.83. The van der Waals surface area contributed by atoms with Gasteiger partial charge in [0, 0.05) is 39.0 Å². The Morgan fingerprint density at radius 1 is 1.19 bits per heavy atom. The molecule has 2 aromatic rings. The van der Waals surface area contributed by atoms with Crippen molar-refractivity contribution in [3.05, 3.63) is 42.2 Å². The highest BCUT2D eigenvalue weighted by Gasteiger charge is 2.28. The van der Waals surface area contributed by atoms with Crippen LogP contribution in [0.2, 0.25) is 0 Å². The molecule has 0 aliphatic carbocycles. The SMILES string of the molecule is COCCN1CCn2cc(S(=O)(=O)Nc3cccc(OC)c3)cc2C1=O. The van der Waals surface area contributed by atoms with Crippen LogP contribution in [0.3, 0.4) is 0 Å². The van der Waals surface area contributed by atoms with Crippen LogP contribution < -0.4 is 9.46 Å². The second-order valence-corrected chi connectivity index (χ2v) is 7.56. The molecule has 1 N–H and O–H groups in total. The van der Waals surface area contributed by atoms with Gasteiger partial charge in [0.2, 0.25) is 0 Å². The summed E-state index contributed by atoms with van der Waals surface area (Å²) < 4.78 is 39.6. The zero-order valence-corrected chi connectivity index (χ0v) is 15.5. The van der Waals surface area contributed by atoms with Crippen LogP contribution in [0, 0.1) is 0 Å². The Kier molecular flexibility index (Phi) is 5.19. The minimum atomic E-state index is -3.81. The average molecular weight is 379 g/mol. The first-order valence-electron chi connectivity index (χ1n) is 8.10. The van der Waals surface area contributed by atoms with Gasteiger partial charge in [-0.05, 0) is 18.2 Å². The summed E-state index contributed by atoms with van der Waals surface area (Å²) in [7, 11) is -0.726. The van der Waals surface area contributed by atoms with E-state index in [1.165, 1.54) is 19.4 Å². The molecule has 1 aromatic heterocycles. The summed E-state index contributed by atoms with van der Waals surface area (Å²) >= 11 is 0. The largest absolute Gasteiger partial charge is 0.497 e. The van der Waals surface area contributed by atoms with Crippen LogP contribution in [0.15, 0.2) is 41.4 Å². The van der Waals surface area contributed by atoms with E-state index in [0.29, 0.717) is 43.4 Å². The van der Waals surface area contributed by atoms with E-state index in [2.05, 4.69) is 4.72 Å². The molecule has 26 heavy (non-hydrogen) atoms. The van der Waals surface area contributed by atoms with Gasteiger partial charge >= 0.3 is 0 Å². The minimum Gasteiger partial charge on any atom is -0.497 e. The molecule has 1 aliphatic heterocycles. The van der Waals surface area contributed by atoms with Crippen molar-refractivity contribution < 1.29 is 22.7 Å². The summed E-state index contributed by atoms with van der Waals surface area (Å²) in [4.78, 5) is 14.2. The Morgan fingerprint density at radius 3 is 2.73 bits per heavy atom. The molecule has 140 valence electrons. The molecule has 1 amide bonds. The first-order chi connectivity index (χ1) is 12.4. The van der Waals surface area contributed by atoms with Gasteiger partial charge in [0.25, 0.3) is 15.9 Å². The summed E-state index contributed by atoms with van der Waals surface area (Å²) in [5.74, 6) is 0.349.